The molecule has 1 saturated heterocycles. The molecule has 0 aromatic carbocycles. The standard InChI is InChI=1S/C11H13FN2O3S/c1-8-3-2-4-10(13-8)14-6-9(5-11(14)15)7-18(12,16)17/h2-4,9H,5-7H2,1H3. The third-order valence-corrected chi connectivity index (χ3v) is 3.66. The van der Waals surface area contributed by atoms with Gasteiger partial charge < -0.3 is 0 Å². The van der Waals surface area contributed by atoms with Crippen molar-refractivity contribution in [3.05, 3.63) is 23.9 Å². The Bertz CT molecular complexity index is 573. The summed E-state index contributed by atoms with van der Waals surface area (Å²) in [5, 5.41) is 0. The zero-order valence-corrected chi connectivity index (χ0v) is 10.7. The van der Waals surface area contributed by atoms with E-state index >= 15 is 0 Å². The fourth-order valence-electron chi connectivity index (χ4n) is 2.08. The molecule has 1 aliphatic heterocycles. The summed E-state index contributed by atoms with van der Waals surface area (Å²) >= 11 is 0. The van der Waals surface area contributed by atoms with E-state index in [1.54, 1.807) is 25.1 Å². The van der Waals surface area contributed by atoms with Gasteiger partial charge in [0, 0.05) is 24.6 Å². The third-order valence-electron chi connectivity index (χ3n) is 2.79. The molecule has 1 aromatic rings. The van der Waals surface area contributed by atoms with E-state index in [9.17, 15) is 17.1 Å². The minimum Gasteiger partial charge on any atom is -0.296 e. The van der Waals surface area contributed by atoms with Gasteiger partial charge in [0.25, 0.3) is 0 Å². The lowest BCUT2D eigenvalue weighted by Crippen LogP contribution is -2.26. The topological polar surface area (TPSA) is 67.3 Å². The number of nitrogens with zero attached hydrogens (tertiary/aromatic N) is 2. The summed E-state index contributed by atoms with van der Waals surface area (Å²) in [7, 11) is -4.54. The fourth-order valence-corrected chi connectivity index (χ4v) is 2.86. The van der Waals surface area contributed by atoms with Crippen molar-refractivity contribution in [2.75, 3.05) is 17.2 Å². The number of aryl methyl sites for hydroxylation is 1. The van der Waals surface area contributed by atoms with Gasteiger partial charge >= 0.3 is 10.2 Å². The molecular weight excluding hydrogens is 259 g/mol. The molecule has 2 heterocycles. The molecule has 0 radical (unpaired) electrons. The summed E-state index contributed by atoms with van der Waals surface area (Å²) in [6.07, 6.45) is 0.0404. The molecule has 1 amide bonds. The lowest BCUT2D eigenvalue weighted by molar-refractivity contribution is -0.117. The second-order valence-corrected chi connectivity index (χ2v) is 5.83. The molecule has 1 aromatic heterocycles. The predicted octanol–water partition coefficient (Wildman–Crippen LogP) is 1.04. The average Bonchev–Trinajstić information content (AvgIpc) is 2.56. The maximum absolute atomic E-state index is 12.6. The molecule has 0 spiro atoms. The van der Waals surface area contributed by atoms with E-state index in [2.05, 4.69) is 4.98 Å². The van der Waals surface area contributed by atoms with Gasteiger partial charge in [-0.1, -0.05) is 6.07 Å². The van der Waals surface area contributed by atoms with Crippen molar-refractivity contribution in [2.24, 2.45) is 5.92 Å². The molecular formula is C11H13FN2O3S. The molecule has 0 saturated carbocycles. The number of pyridine rings is 1. The van der Waals surface area contributed by atoms with Gasteiger partial charge in [-0.15, -0.1) is 3.89 Å². The van der Waals surface area contributed by atoms with Crippen LogP contribution in [0.15, 0.2) is 18.2 Å². The predicted molar refractivity (Wildman–Crippen MR) is 64.3 cm³/mol. The van der Waals surface area contributed by atoms with Gasteiger partial charge in [0.1, 0.15) is 5.82 Å². The van der Waals surface area contributed by atoms with Gasteiger partial charge in [-0.25, -0.2) is 4.98 Å². The van der Waals surface area contributed by atoms with Crippen LogP contribution in [-0.2, 0) is 15.0 Å². The van der Waals surface area contributed by atoms with Gasteiger partial charge in [0.15, 0.2) is 0 Å². The van der Waals surface area contributed by atoms with Crippen LogP contribution in [0.25, 0.3) is 0 Å². The van der Waals surface area contributed by atoms with E-state index in [-0.39, 0.29) is 18.9 Å². The molecule has 5 nitrogen and oxygen atoms in total. The Morgan fingerprint density at radius 1 is 1.50 bits per heavy atom. The zero-order valence-electron chi connectivity index (χ0n) is 9.84. The van der Waals surface area contributed by atoms with Gasteiger partial charge in [0.05, 0.1) is 5.75 Å². The van der Waals surface area contributed by atoms with Crippen molar-refractivity contribution in [2.45, 2.75) is 13.3 Å². The maximum Gasteiger partial charge on any atom is 0.302 e. The van der Waals surface area contributed by atoms with Gasteiger partial charge in [-0.2, -0.15) is 8.42 Å². The maximum atomic E-state index is 12.6. The van der Waals surface area contributed by atoms with Gasteiger partial charge in [-0.3, -0.25) is 9.69 Å². The zero-order chi connectivity index (χ0) is 13.3. The fraction of sp³-hybridized carbons (Fsp3) is 0.455. The van der Waals surface area contributed by atoms with E-state index in [0.29, 0.717) is 5.82 Å². The van der Waals surface area contributed by atoms with Crippen molar-refractivity contribution >= 4 is 21.9 Å². The van der Waals surface area contributed by atoms with Gasteiger partial charge in [-0.05, 0) is 19.1 Å². The number of anilines is 1. The van der Waals surface area contributed by atoms with Crippen molar-refractivity contribution in [3.8, 4) is 0 Å². The average molecular weight is 272 g/mol. The summed E-state index contributed by atoms with van der Waals surface area (Å²) in [5.41, 5.74) is 0.766. The first-order valence-corrected chi connectivity index (χ1v) is 7.07. The number of hydrogen-bond acceptors (Lipinski definition) is 4. The first-order chi connectivity index (χ1) is 8.35. The van der Waals surface area contributed by atoms with E-state index in [4.69, 9.17) is 0 Å². The number of rotatable bonds is 3. The molecule has 7 heteroatoms. The highest BCUT2D eigenvalue weighted by Crippen LogP contribution is 2.24. The number of aromatic nitrogens is 1. The first kappa shape index (κ1) is 12.9. The number of hydrogen-bond donors (Lipinski definition) is 0. The molecule has 1 unspecified atom stereocenters. The quantitative estimate of drug-likeness (QED) is 0.771. The van der Waals surface area contributed by atoms with Crippen LogP contribution in [0.1, 0.15) is 12.1 Å². The number of halogens is 1. The third kappa shape index (κ3) is 3.04. The highest BCUT2D eigenvalue weighted by atomic mass is 32.3. The number of carbonyl (C=O) groups is 1. The summed E-state index contributed by atoms with van der Waals surface area (Å²) in [5.74, 6) is -0.851. The van der Waals surface area contributed by atoms with Crippen molar-refractivity contribution < 1.29 is 17.1 Å². The van der Waals surface area contributed by atoms with Crippen molar-refractivity contribution in [1.82, 2.24) is 4.98 Å². The first-order valence-electron chi connectivity index (χ1n) is 5.51. The Hall–Kier alpha value is -1.50. The second kappa shape index (κ2) is 4.64. The lowest BCUT2D eigenvalue weighted by Gasteiger charge is -2.15. The van der Waals surface area contributed by atoms with Crippen LogP contribution in [0.3, 0.4) is 0 Å². The number of carbonyl (C=O) groups excluding carboxylic acids is 1. The molecule has 2 rings (SSSR count). The highest BCUT2D eigenvalue weighted by Gasteiger charge is 2.34. The Morgan fingerprint density at radius 2 is 2.22 bits per heavy atom. The molecule has 18 heavy (non-hydrogen) atoms. The molecule has 1 fully saturated rings. The van der Waals surface area contributed by atoms with E-state index in [1.807, 2.05) is 0 Å². The smallest absolute Gasteiger partial charge is 0.296 e. The Morgan fingerprint density at radius 3 is 2.83 bits per heavy atom. The van der Waals surface area contributed by atoms with Crippen LogP contribution in [-0.4, -0.2) is 31.6 Å². The molecule has 1 aliphatic rings. The summed E-state index contributed by atoms with van der Waals surface area (Å²) < 4.78 is 33.7. The monoisotopic (exact) mass is 272 g/mol. The largest absolute Gasteiger partial charge is 0.302 e. The Labute approximate surface area is 105 Å². The number of amides is 1. The van der Waals surface area contributed by atoms with Crippen LogP contribution >= 0.6 is 0 Å². The van der Waals surface area contributed by atoms with Crippen molar-refractivity contribution in [3.63, 3.8) is 0 Å². The van der Waals surface area contributed by atoms with Crippen LogP contribution in [0.4, 0.5) is 9.70 Å². The molecule has 0 N–H and O–H groups in total. The normalized spacial score (nSPS) is 20.4. The second-order valence-electron chi connectivity index (χ2n) is 4.42. The Kier molecular flexibility index (Phi) is 3.34. The van der Waals surface area contributed by atoms with E-state index < -0.39 is 21.9 Å². The highest BCUT2D eigenvalue weighted by molar-refractivity contribution is 7.86. The lowest BCUT2D eigenvalue weighted by atomic mass is 10.1. The van der Waals surface area contributed by atoms with Crippen molar-refractivity contribution in [1.29, 1.82) is 0 Å². The van der Waals surface area contributed by atoms with E-state index in [1.165, 1.54) is 4.90 Å². The molecule has 1 atom stereocenters. The van der Waals surface area contributed by atoms with Crippen LogP contribution in [0, 0.1) is 12.8 Å². The van der Waals surface area contributed by atoms with Crippen LogP contribution < -0.4 is 4.90 Å². The van der Waals surface area contributed by atoms with E-state index in [0.717, 1.165) is 5.69 Å². The minimum atomic E-state index is -4.54. The Balaban J connectivity index is 2.15. The molecule has 98 valence electrons. The summed E-state index contributed by atoms with van der Waals surface area (Å²) in [4.78, 5) is 17.4. The van der Waals surface area contributed by atoms with Crippen LogP contribution in [0.5, 0.6) is 0 Å². The summed E-state index contributed by atoms with van der Waals surface area (Å²) in [6.45, 7) is 1.99. The van der Waals surface area contributed by atoms with Crippen LogP contribution in [0.2, 0.25) is 0 Å². The molecule has 0 bridgehead atoms. The SMILES string of the molecule is Cc1cccc(N2CC(CS(=O)(=O)F)CC2=O)n1. The molecule has 0 aliphatic carbocycles. The summed E-state index contributed by atoms with van der Waals surface area (Å²) in [6, 6.07) is 5.24. The van der Waals surface area contributed by atoms with Gasteiger partial charge in [0.2, 0.25) is 5.91 Å². The minimum absolute atomic E-state index is 0.0404.